The minimum Gasteiger partial charge on any atom is -0.465 e. The molecule has 6 nitrogen and oxygen atoms in total. The van der Waals surface area contributed by atoms with Crippen molar-refractivity contribution < 1.29 is 23.0 Å². The molecule has 30 heavy (non-hydrogen) atoms. The summed E-state index contributed by atoms with van der Waals surface area (Å²) in [6, 6.07) is 13.8. The highest BCUT2D eigenvalue weighted by Gasteiger charge is 2.09. The third-order valence-electron chi connectivity index (χ3n) is 4.21. The van der Waals surface area contributed by atoms with Gasteiger partial charge in [0.25, 0.3) is 0 Å². The molecule has 0 atom stereocenters. The van der Waals surface area contributed by atoms with Crippen molar-refractivity contribution in [2.24, 2.45) is 4.99 Å². The van der Waals surface area contributed by atoms with Gasteiger partial charge in [0.05, 0.1) is 12.7 Å². The van der Waals surface area contributed by atoms with E-state index in [1.165, 1.54) is 19.2 Å². The molecule has 0 aliphatic rings. The average Bonchev–Trinajstić information content (AvgIpc) is 2.72. The van der Waals surface area contributed by atoms with Crippen LogP contribution in [0.15, 0.2) is 53.5 Å². The zero-order valence-electron chi connectivity index (χ0n) is 17.1. The fourth-order valence-electron chi connectivity index (χ4n) is 2.75. The molecule has 0 heterocycles. The third-order valence-corrected chi connectivity index (χ3v) is 4.21. The number of nitrogens with one attached hydrogen (secondary N) is 1. The van der Waals surface area contributed by atoms with Gasteiger partial charge in [-0.3, -0.25) is 4.99 Å². The van der Waals surface area contributed by atoms with E-state index in [1.807, 2.05) is 24.1 Å². The number of halogens is 3. The molecule has 0 unspecified atom stereocenters. The minimum atomic E-state index is -2.83. The molecule has 0 fully saturated rings. The molecule has 164 valence electrons. The number of nitrogens with zero attached hydrogens (tertiary/aromatic N) is 2. The Hall–Kier alpha value is -2.43. The van der Waals surface area contributed by atoms with E-state index in [0.717, 1.165) is 17.5 Å². The van der Waals surface area contributed by atoms with Crippen LogP contribution in [0.1, 0.15) is 21.5 Å². The number of rotatable bonds is 8. The van der Waals surface area contributed by atoms with Crippen molar-refractivity contribution in [1.82, 2.24) is 10.2 Å². The Balaban J connectivity index is 0.00000450. The second kappa shape index (κ2) is 13.0. The van der Waals surface area contributed by atoms with Gasteiger partial charge >= 0.3 is 12.6 Å². The maximum absolute atomic E-state index is 12.2. The normalized spacial score (nSPS) is 10.9. The number of alkyl halides is 2. The molecule has 0 saturated heterocycles. The number of ether oxygens (including phenoxy) is 2. The summed E-state index contributed by atoms with van der Waals surface area (Å²) in [7, 11) is 4.95. The SMILES string of the molecule is CN=C(NCCc1ccc(C(=O)OC)cc1)N(C)Cc1ccc(OC(F)F)cc1.I. The molecule has 0 aromatic heterocycles. The number of hydrogen-bond donors (Lipinski definition) is 1. The highest BCUT2D eigenvalue weighted by molar-refractivity contribution is 14.0. The molecular formula is C21H26F2IN3O3. The standard InChI is InChI=1S/C21H25F2N3O3.HI/c1-24-21(25-13-12-15-4-8-17(9-5-15)19(27)28-3)26(2)14-16-6-10-18(11-7-16)29-20(22)23;/h4-11,20H,12-14H2,1-3H3,(H,24,25);1H. The Morgan fingerprint density at radius 2 is 1.70 bits per heavy atom. The van der Waals surface area contributed by atoms with Crippen molar-refractivity contribution >= 4 is 35.9 Å². The Labute approximate surface area is 192 Å². The second-order valence-corrected chi connectivity index (χ2v) is 6.29. The maximum atomic E-state index is 12.2. The van der Waals surface area contributed by atoms with Crippen LogP contribution in [-0.2, 0) is 17.7 Å². The van der Waals surface area contributed by atoms with Crippen molar-refractivity contribution in [1.29, 1.82) is 0 Å². The van der Waals surface area contributed by atoms with Gasteiger partial charge in [0.2, 0.25) is 0 Å². The summed E-state index contributed by atoms with van der Waals surface area (Å²) in [4.78, 5) is 17.7. The zero-order chi connectivity index (χ0) is 21.2. The molecule has 1 N–H and O–H groups in total. The summed E-state index contributed by atoms with van der Waals surface area (Å²) < 4.78 is 33.5. The Morgan fingerprint density at radius 3 is 2.23 bits per heavy atom. The highest BCUT2D eigenvalue weighted by atomic mass is 127. The van der Waals surface area contributed by atoms with E-state index in [0.29, 0.717) is 24.6 Å². The monoisotopic (exact) mass is 533 g/mol. The lowest BCUT2D eigenvalue weighted by molar-refractivity contribution is -0.0498. The van der Waals surface area contributed by atoms with Gasteiger partial charge in [-0.2, -0.15) is 8.78 Å². The first kappa shape index (κ1) is 25.6. The molecule has 0 amide bonds. The lowest BCUT2D eigenvalue weighted by Crippen LogP contribution is -2.39. The maximum Gasteiger partial charge on any atom is 0.387 e. The summed E-state index contributed by atoms with van der Waals surface area (Å²) in [6.07, 6.45) is 0.758. The number of benzene rings is 2. The van der Waals surface area contributed by atoms with E-state index in [-0.39, 0.29) is 35.7 Å². The predicted octanol–water partition coefficient (Wildman–Crippen LogP) is 3.94. The van der Waals surface area contributed by atoms with Crippen molar-refractivity contribution in [3.05, 3.63) is 65.2 Å². The fraction of sp³-hybridized carbons (Fsp3) is 0.333. The smallest absolute Gasteiger partial charge is 0.387 e. The predicted molar refractivity (Wildman–Crippen MR) is 123 cm³/mol. The molecule has 0 aliphatic carbocycles. The van der Waals surface area contributed by atoms with Gasteiger partial charge in [-0.1, -0.05) is 24.3 Å². The lowest BCUT2D eigenvalue weighted by Gasteiger charge is -2.22. The van der Waals surface area contributed by atoms with Gasteiger partial charge in [-0.15, -0.1) is 24.0 Å². The molecule has 2 aromatic carbocycles. The van der Waals surface area contributed by atoms with Gasteiger partial charge < -0.3 is 19.7 Å². The van der Waals surface area contributed by atoms with E-state index in [9.17, 15) is 13.6 Å². The van der Waals surface area contributed by atoms with Crippen LogP contribution >= 0.6 is 24.0 Å². The van der Waals surface area contributed by atoms with Gasteiger partial charge in [0, 0.05) is 27.2 Å². The Kier molecular flexibility index (Phi) is 11.1. The molecule has 0 radical (unpaired) electrons. The van der Waals surface area contributed by atoms with Crippen LogP contribution in [0, 0.1) is 0 Å². The highest BCUT2D eigenvalue weighted by Crippen LogP contribution is 2.15. The van der Waals surface area contributed by atoms with Gasteiger partial charge in [-0.05, 0) is 41.8 Å². The largest absolute Gasteiger partial charge is 0.465 e. The summed E-state index contributed by atoms with van der Waals surface area (Å²) in [6.45, 7) is -1.61. The number of guanidine groups is 1. The zero-order valence-corrected chi connectivity index (χ0v) is 19.4. The first-order valence-corrected chi connectivity index (χ1v) is 9.05. The topological polar surface area (TPSA) is 63.2 Å². The number of carbonyl (C=O) groups is 1. The van der Waals surface area contributed by atoms with E-state index < -0.39 is 6.61 Å². The molecule has 2 rings (SSSR count). The van der Waals surface area contributed by atoms with Crippen LogP contribution < -0.4 is 10.1 Å². The Morgan fingerprint density at radius 1 is 1.10 bits per heavy atom. The number of methoxy groups -OCH3 is 1. The summed E-state index contributed by atoms with van der Waals surface area (Å²) in [5, 5.41) is 3.28. The molecule has 9 heteroatoms. The van der Waals surface area contributed by atoms with Gasteiger partial charge in [0.1, 0.15) is 5.75 Å². The number of hydrogen-bond acceptors (Lipinski definition) is 4. The van der Waals surface area contributed by atoms with Gasteiger partial charge in [0.15, 0.2) is 5.96 Å². The Bertz CT molecular complexity index is 815. The van der Waals surface area contributed by atoms with E-state index >= 15 is 0 Å². The van der Waals surface area contributed by atoms with Crippen LogP contribution in [0.5, 0.6) is 5.75 Å². The van der Waals surface area contributed by atoms with E-state index in [4.69, 9.17) is 0 Å². The second-order valence-electron chi connectivity index (χ2n) is 6.29. The molecule has 2 aromatic rings. The van der Waals surface area contributed by atoms with Crippen LogP contribution in [0.2, 0.25) is 0 Å². The third kappa shape index (κ3) is 8.13. The van der Waals surface area contributed by atoms with E-state index in [2.05, 4.69) is 19.8 Å². The molecular weight excluding hydrogens is 507 g/mol. The van der Waals surface area contributed by atoms with Crippen molar-refractivity contribution in [2.45, 2.75) is 19.6 Å². The van der Waals surface area contributed by atoms with Crippen molar-refractivity contribution in [3.8, 4) is 5.75 Å². The fourth-order valence-corrected chi connectivity index (χ4v) is 2.75. The molecule has 0 saturated carbocycles. The summed E-state index contributed by atoms with van der Waals surface area (Å²) in [5.41, 5.74) is 2.54. The van der Waals surface area contributed by atoms with E-state index in [1.54, 1.807) is 31.3 Å². The van der Waals surface area contributed by atoms with Crippen LogP contribution in [0.3, 0.4) is 0 Å². The van der Waals surface area contributed by atoms with Crippen molar-refractivity contribution in [3.63, 3.8) is 0 Å². The molecule has 0 spiro atoms. The van der Waals surface area contributed by atoms with Crippen LogP contribution in [0.4, 0.5) is 8.78 Å². The number of carbonyl (C=O) groups excluding carboxylic acids is 1. The quantitative estimate of drug-likeness (QED) is 0.241. The average molecular weight is 533 g/mol. The minimum absolute atomic E-state index is 0. The number of esters is 1. The van der Waals surface area contributed by atoms with Crippen LogP contribution in [-0.4, -0.2) is 51.2 Å². The molecule has 0 bridgehead atoms. The first-order valence-electron chi connectivity index (χ1n) is 9.05. The molecule has 0 aliphatic heterocycles. The first-order chi connectivity index (χ1) is 13.9. The summed E-state index contributed by atoms with van der Waals surface area (Å²) in [5.74, 6) is 0.488. The number of aliphatic imine (C=N–C) groups is 1. The lowest BCUT2D eigenvalue weighted by atomic mass is 10.1. The van der Waals surface area contributed by atoms with Crippen LogP contribution in [0.25, 0.3) is 0 Å². The van der Waals surface area contributed by atoms with Crippen molar-refractivity contribution in [2.75, 3.05) is 27.7 Å². The summed E-state index contributed by atoms with van der Waals surface area (Å²) >= 11 is 0. The van der Waals surface area contributed by atoms with Gasteiger partial charge in [-0.25, -0.2) is 4.79 Å².